The van der Waals surface area contributed by atoms with E-state index in [2.05, 4.69) is 6.07 Å². The number of hydrogen-bond donors (Lipinski definition) is 0. The zero-order chi connectivity index (χ0) is 10.5. The van der Waals surface area contributed by atoms with Crippen LogP contribution in [0.4, 0.5) is 4.39 Å². The molecule has 15 heavy (non-hydrogen) atoms. The van der Waals surface area contributed by atoms with Crippen LogP contribution < -0.4 is 4.74 Å². The van der Waals surface area contributed by atoms with Gasteiger partial charge in [0.15, 0.2) is 0 Å². The minimum absolute atomic E-state index is 0.242. The average molecular weight is 201 g/mol. The molecule has 0 aliphatic rings. The molecule has 0 spiro atoms. The van der Waals surface area contributed by atoms with Gasteiger partial charge in [-0.3, -0.25) is 0 Å². The number of halogens is 1. The van der Waals surface area contributed by atoms with E-state index < -0.39 is 0 Å². The van der Waals surface area contributed by atoms with Crippen molar-refractivity contribution in [3.8, 4) is 5.75 Å². The topological polar surface area (TPSA) is 9.23 Å². The molecule has 0 aliphatic carbocycles. The molecule has 0 bridgehead atoms. The molecule has 2 heteroatoms. The van der Waals surface area contributed by atoms with Crippen LogP contribution in [0.1, 0.15) is 5.56 Å². The van der Waals surface area contributed by atoms with Crippen molar-refractivity contribution < 1.29 is 9.13 Å². The fourth-order valence-electron chi connectivity index (χ4n) is 1.25. The van der Waals surface area contributed by atoms with Gasteiger partial charge in [-0.2, -0.15) is 0 Å². The lowest BCUT2D eigenvalue weighted by molar-refractivity contribution is 0.305. The maximum absolute atomic E-state index is 12.8. The highest BCUT2D eigenvalue weighted by atomic mass is 19.1. The summed E-state index contributed by atoms with van der Waals surface area (Å²) in [5, 5.41) is 0. The lowest BCUT2D eigenvalue weighted by atomic mass is 10.2. The molecule has 0 N–H and O–H groups in total. The van der Waals surface area contributed by atoms with E-state index in [9.17, 15) is 4.39 Å². The maximum atomic E-state index is 12.8. The predicted molar refractivity (Wildman–Crippen MR) is 56.0 cm³/mol. The molecule has 2 aromatic carbocycles. The first-order chi connectivity index (χ1) is 7.34. The molecule has 0 fully saturated rings. The third kappa shape index (κ3) is 2.81. The summed E-state index contributed by atoms with van der Waals surface area (Å²) >= 11 is 0. The van der Waals surface area contributed by atoms with Gasteiger partial charge >= 0.3 is 0 Å². The van der Waals surface area contributed by atoms with Gasteiger partial charge in [-0.25, -0.2) is 4.39 Å². The van der Waals surface area contributed by atoms with E-state index in [0.717, 1.165) is 5.56 Å². The van der Waals surface area contributed by atoms with Crippen LogP contribution in [0, 0.1) is 11.9 Å². The Labute approximate surface area is 88.1 Å². The van der Waals surface area contributed by atoms with Crippen molar-refractivity contribution in [3.05, 3.63) is 66.0 Å². The Bertz CT molecular complexity index is 426. The van der Waals surface area contributed by atoms with E-state index in [0.29, 0.717) is 12.4 Å². The quantitative estimate of drug-likeness (QED) is 0.741. The summed E-state index contributed by atoms with van der Waals surface area (Å²) in [6.07, 6.45) is 0. The monoisotopic (exact) mass is 201 g/mol. The molecule has 2 rings (SSSR count). The van der Waals surface area contributed by atoms with Crippen LogP contribution in [0.2, 0.25) is 0 Å². The van der Waals surface area contributed by atoms with Crippen molar-refractivity contribution in [2.75, 3.05) is 0 Å². The molecule has 0 unspecified atom stereocenters. The number of para-hydroxylation sites is 1. The normalized spacial score (nSPS) is 9.93. The molecule has 0 atom stereocenters. The summed E-state index contributed by atoms with van der Waals surface area (Å²) in [5.41, 5.74) is 0.812. The summed E-state index contributed by atoms with van der Waals surface area (Å²) in [6, 6.07) is 16.6. The van der Waals surface area contributed by atoms with Crippen molar-refractivity contribution in [2.45, 2.75) is 6.61 Å². The van der Waals surface area contributed by atoms with Gasteiger partial charge < -0.3 is 4.74 Å². The van der Waals surface area contributed by atoms with E-state index in [1.165, 1.54) is 12.1 Å². The Hall–Kier alpha value is -1.83. The Morgan fingerprint density at radius 3 is 2.80 bits per heavy atom. The number of hydrogen-bond acceptors (Lipinski definition) is 1. The first kappa shape index (κ1) is 9.71. The second kappa shape index (κ2) is 4.60. The largest absolute Gasteiger partial charge is 0.488 e. The van der Waals surface area contributed by atoms with Gasteiger partial charge in [0, 0.05) is 6.07 Å². The smallest absolute Gasteiger partial charge is 0.127 e. The van der Waals surface area contributed by atoms with Gasteiger partial charge in [-0.1, -0.05) is 30.3 Å². The summed E-state index contributed by atoms with van der Waals surface area (Å²) in [6.45, 7) is 0.359. The first-order valence-electron chi connectivity index (χ1n) is 4.68. The lowest BCUT2D eigenvalue weighted by Crippen LogP contribution is -1.95. The van der Waals surface area contributed by atoms with E-state index >= 15 is 0 Å². The van der Waals surface area contributed by atoms with Crippen molar-refractivity contribution in [1.29, 1.82) is 0 Å². The van der Waals surface area contributed by atoms with Crippen LogP contribution in [0.5, 0.6) is 5.75 Å². The van der Waals surface area contributed by atoms with Crippen LogP contribution in [0.3, 0.4) is 0 Å². The van der Waals surface area contributed by atoms with Crippen molar-refractivity contribution in [1.82, 2.24) is 0 Å². The van der Waals surface area contributed by atoms with Crippen LogP contribution >= 0.6 is 0 Å². The standard InChI is InChI=1S/C13H10FO/c14-12-6-4-5-11(9-12)10-15-13-7-2-1-3-8-13/h1-7,9H,10H2. The first-order valence-corrected chi connectivity index (χ1v) is 4.68. The Kier molecular flexibility index (Phi) is 2.98. The average Bonchev–Trinajstić information content (AvgIpc) is 2.28. The van der Waals surface area contributed by atoms with Crippen molar-refractivity contribution in [3.63, 3.8) is 0 Å². The highest BCUT2D eigenvalue weighted by Gasteiger charge is 1.96. The molecular formula is C13H10FO. The van der Waals surface area contributed by atoms with Crippen LogP contribution in [0.15, 0.2) is 48.5 Å². The zero-order valence-corrected chi connectivity index (χ0v) is 8.11. The maximum Gasteiger partial charge on any atom is 0.127 e. The summed E-state index contributed by atoms with van der Waals surface area (Å²) in [4.78, 5) is 0. The minimum Gasteiger partial charge on any atom is -0.488 e. The van der Waals surface area contributed by atoms with Gasteiger partial charge in [-0.05, 0) is 23.8 Å². The predicted octanol–water partition coefficient (Wildman–Crippen LogP) is 3.20. The second-order valence-corrected chi connectivity index (χ2v) is 3.15. The molecule has 75 valence electrons. The SMILES string of the molecule is Fc1cccc(COc2[c]cccc2)c1. The van der Waals surface area contributed by atoms with Crippen LogP contribution in [-0.2, 0) is 6.61 Å². The summed E-state index contributed by atoms with van der Waals surface area (Å²) < 4.78 is 18.3. The van der Waals surface area contributed by atoms with E-state index in [4.69, 9.17) is 4.74 Å². The highest BCUT2D eigenvalue weighted by Crippen LogP contribution is 2.11. The molecule has 0 amide bonds. The molecule has 0 saturated heterocycles. The third-order valence-electron chi connectivity index (χ3n) is 1.96. The van der Waals surface area contributed by atoms with E-state index in [1.807, 2.05) is 24.3 Å². The molecule has 0 heterocycles. The molecule has 1 radical (unpaired) electrons. The summed E-state index contributed by atoms with van der Waals surface area (Å²) in [5.74, 6) is 0.426. The molecule has 0 aliphatic heterocycles. The van der Waals surface area contributed by atoms with Crippen molar-refractivity contribution in [2.24, 2.45) is 0 Å². The molecule has 1 nitrogen and oxygen atoms in total. The third-order valence-corrected chi connectivity index (χ3v) is 1.96. The molecule has 2 aromatic rings. The van der Waals surface area contributed by atoms with Crippen LogP contribution in [0.25, 0.3) is 0 Å². The van der Waals surface area contributed by atoms with Gasteiger partial charge in [0.2, 0.25) is 0 Å². The van der Waals surface area contributed by atoms with Gasteiger partial charge in [0.1, 0.15) is 18.2 Å². The number of benzene rings is 2. The van der Waals surface area contributed by atoms with Gasteiger partial charge in [-0.15, -0.1) is 0 Å². The minimum atomic E-state index is -0.242. The Morgan fingerprint density at radius 2 is 2.07 bits per heavy atom. The number of rotatable bonds is 3. The molecular weight excluding hydrogens is 191 g/mol. The van der Waals surface area contributed by atoms with Gasteiger partial charge in [0.25, 0.3) is 0 Å². The van der Waals surface area contributed by atoms with E-state index in [-0.39, 0.29) is 5.82 Å². The highest BCUT2D eigenvalue weighted by molar-refractivity contribution is 5.21. The molecule has 0 saturated carbocycles. The van der Waals surface area contributed by atoms with E-state index in [1.54, 1.807) is 12.1 Å². The fourth-order valence-corrected chi connectivity index (χ4v) is 1.25. The fraction of sp³-hybridized carbons (Fsp3) is 0.0769. The Morgan fingerprint density at radius 1 is 1.13 bits per heavy atom. The summed E-state index contributed by atoms with van der Waals surface area (Å²) in [7, 11) is 0. The number of ether oxygens (including phenoxy) is 1. The van der Waals surface area contributed by atoms with Gasteiger partial charge in [0.05, 0.1) is 0 Å². The Balaban J connectivity index is 1.99. The molecule has 0 aromatic heterocycles. The second-order valence-electron chi connectivity index (χ2n) is 3.15. The van der Waals surface area contributed by atoms with Crippen molar-refractivity contribution >= 4 is 0 Å². The zero-order valence-electron chi connectivity index (χ0n) is 8.11. The van der Waals surface area contributed by atoms with Crippen LogP contribution in [-0.4, -0.2) is 0 Å². The lowest BCUT2D eigenvalue weighted by Gasteiger charge is -2.05.